The van der Waals surface area contributed by atoms with E-state index in [1.54, 1.807) is 4.90 Å². The van der Waals surface area contributed by atoms with Crippen LogP contribution < -0.4 is 5.32 Å². The van der Waals surface area contributed by atoms with E-state index in [1.807, 2.05) is 39.8 Å². The second-order valence-electron chi connectivity index (χ2n) is 8.64. The van der Waals surface area contributed by atoms with Crippen LogP contribution in [0.15, 0.2) is 35.8 Å². The van der Waals surface area contributed by atoms with Gasteiger partial charge in [0.2, 0.25) is 0 Å². The third kappa shape index (κ3) is 4.68. The number of nitrogens with one attached hydrogen (secondary N) is 1. The molecule has 0 aromatic carbocycles. The van der Waals surface area contributed by atoms with E-state index in [0.717, 1.165) is 24.1 Å². The normalized spacial score (nSPS) is 26.7. The summed E-state index contributed by atoms with van der Waals surface area (Å²) >= 11 is 0. The van der Waals surface area contributed by atoms with Crippen LogP contribution in [0.4, 0.5) is 9.18 Å². The van der Waals surface area contributed by atoms with E-state index in [1.165, 1.54) is 0 Å². The number of carbonyl (C=O) groups excluding carboxylic acids is 1. The van der Waals surface area contributed by atoms with Crippen LogP contribution in [0.1, 0.15) is 53.9 Å². The first-order chi connectivity index (χ1) is 12.0. The monoisotopic (exact) mass is 364 g/mol. The molecule has 1 saturated heterocycles. The number of hydrogen-bond donors (Lipinski definition) is 1. The van der Waals surface area contributed by atoms with Crippen LogP contribution in [0, 0.1) is 11.3 Å². The van der Waals surface area contributed by atoms with E-state index in [0.29, 0.717) is 26.1 Å². The number of likely N-dealkylation sites (tertiary alicyclic amines) is 1. The number of allylic oxidation sites excluding steroid dienone is 4. The van der Waals surface area contributed by atoms with Gasteiger partial charge < -0.3 is 15.0 Å². The molecule has 146 valence electrons. The van der Waals surface area contributed by atoms with Crippen LogP contribution in [0.25, 0.3) is 0 Å². The van der Waals surface area contributed by atoms with E-state index in [4.69, 9.17) is 4.74 Å². The zero-order chi connectivity index (χ0) is 19.5. The molecular weight excluding hydrogens is 331 g/mol. The molecule has 1 N–H and O–H groups in total. The number of halogens is 1. The average molecular weight is 365 g/mol. The molecule has 2 unspecified atom stereocenters. The number of nitrogens with zero attached hydrogens (tertiary/aromatic N) is 1. The molecule has 2 atom stereocenters. The Kier molecular flexibility index (Phi) is 6.20. The van der Waals surface area contributed by atoms with E-state index >= 15 is 0 Å². The third-order valence-corrected chi connectivity index (χ3v) is 5.25. The lowest BCUT2D eigenvalue weighted by molar-refractivity contribution is -0.000864. The minimum absolute atomic E-state index is 0.0612. The lowest BCUT2D eigenvalue weighted by atomic mass is 9.65. The molecular formula is C21H33FN2O2. The molecule has 1 aliphatic carbocycles. The lowest BCUT2D eigenvalue weighted by Crippen LogP contribution is -2.55. The molecule has 1 heterocycles. The summed E-state index contributed by atoms with van der Waals surface area (Å²) in [7, 11) is 0. The van der Waals surface area contributed by atoms with Gasteiger partial charge in [-0.1, -0.05) is 25.7 Å². The second kappa shape index (κ2) is 7.85. The Labute approximate surface area is 157 Å². The predicted octanol–water partition coefficient (Wildman–Crippen LogP) is 4.95. The SMILES string of the molecule is C=C(C)NCC1(C2=C(F)CCC=C2)CN(C(=O)OC(C)(C)C)CCC1C. The van der Waals surface area contributed by atoms with Crippen molar-refractivity contribution in [2.24, 2.45) is 11.3 Å². The summed E-state index contributed by atoms with van der Waals surface area (Å²) in [5, 5.41) is 3.30. The van der Waals surface area contributed by atoms with Crippen LogP contribution >= 0.6 is 0 Å². The minimum atomic E-state index is -0.548. The molecule has 1 aliphatic heterocycles. The molecule has 1 amide bonds. The van der Waals surface area contributed by atoms with Crippen molar-refractivity contribution >= 4 is 6.09 Å². The van der Waals surface area contributed by atoms with Crippen molar-refractivity contribution in [3.63, 3.8) is 0 Å². The Balaban J connectivity index is 2.36. The molecule has 0 radical (unpaired) electrons. The van der Waals surface area contributed by atoms with Gasteiger partial charge in [0.15, 0.2) is 0 Å². The highest BCUT2D eigenvalue weighted by Crippen LogP contribution is 2.45. The maximum absolute atomic E-state index is 14.8. The highest BCUT2D eigenvalue weighted by atomic mass is 19.1. The zero-order valence-corrected chi connectivity index (χ0v) is 16.8. The molecule has 0 bridgehead atoms. The smallest absolute Gasteiger partial charge is 0.410 e. The number of hydrogen-bond acceptors (Lipinski definition) is 3. The highest BCUT2D eigenvalue weighted by molar-refractivity contribution is 5.68. The predicted molar refractivity (Wildman–Crippen MR) is 103 cm³/mol. The molecule has 0 saturated carbocycles. The van der Waals surface area contributed by atoms with Crippen molar-refractivity contribution in [1.82, 2.24) is 10.2 Å². The van der Waals surface area contributed by atoms with Crippen molar-refractivity contribution in [2.75, 3.05) is 19.6 Å². The van der Waals surface area contributed by atoms with E-state index in [-0.39, 0.29) is 17.8 Å². The van der Waals surface area contributed by atoms with Crippen LogP contribution in [-0.4, -0.2) is 36.2 Å². The fraction of sp³-hybridized carbons (Fsp3) is 0.667. The molecule has 4 nitrogen and oxygen atoms in total. The maximum Gasteiger partial charge on any atom is 0.410 e. The summed E-state index contributed by atoms with van der Waals surface area (Å²) in [5.74, 6) is 0.172. The summed E-state index contributed by atoms with van der Waals surface area (Å²) < 4.78 is 20.4. The Morgan fingerprint density at radius 3 is 2.77 bits per heavy atom. The molecule has 1 fully saturated rings. The Morgan fingerprint density at radius 2 is 2.19 bits per heavy atom. The largest absolute Gasteiger partial charge is 0.444 e. The van der Waals surface area contributed by atoms with Gasteiger partial charge in [-0.15, -0.1) is 0 Å². The van der Waals surface area contributed by atoms with Crippen LogP contribution in [0.5, 0.6) is 0 Å². The van der Waals surface area contributed by atoms with Gasteiger partial charge in [-0.3, -0.25) is 0 Å². The summed E-state index contributed by atoms with van der Waals surface area (Å²) in [6.45, 7) is 15.2. The number of ether oxygens (including phenoxy) is 1. The Bertz CT molecular complexity index is 618. The average Bonchev–Trinajstić information content (AvgIpc) is 2.53. The molecule has 0 aromatic rings. The number of carbonyl (C=O) groups is 1. The van der Waals surface area contributed by atoms with E-state index in [9.17, 15) is 9.18 Å². The van der Waals surface area contributed by atoms with Gasteiger partial charge in [-0.05, 0) is 52.0 Å². The Morgan fingerprint density at radius 1 is 1.50 bits per heavy atom. The van der Waals surface area contributed by atoms with Gasteiger partial charge in [-0.25, -0.2) is 9.18 Å². The maximum atomic E-state index is 14.8. The van der Waals surface area contributed by atoms with Gasteiger partial charge in [0.1, 0.15) is 11.4 Å². The fourth-order valence-electron chi connectivity index (χ4n) is 3.74. The molecule has 2 rings (SSSR count). The Hall–Kier alpha value is -1.78. The first kappa shape index (κ1) is 20.5. The molecule has 0 aromatic heterocycles. The fourth-order valence-corrected chi connectivity index (χ4v) is 3.74. The van der Waals surface area contributed by atoms with Crippen LogP contribution in [0.3, 0.4) is 0 Å². The topological polar surface area (TPSA) is 41.6 Å². The molecule has 5 heteroatoms. The molecule has 2 aliphatic rings. The number of amides is 1. The zero-order valence-electron chi connectivity index (χ0n) is 16.8. The summed E-state index contributed by atoms with van der Waals surface area (Å²) in [5.41, 5.74) is 0.522. The summed E-state index contributed by atoms with van der Waals surface area (Å²) in [6.07, 6.45) is 5.57. The van der Waals surface area contributed by atoms with Gasteiger partial charge in [0, 0.05) is 37.2 Å². The lowest BCUT2D eigenvalue weighted by Gasteiger charge is -2.48. The number of piperidine rings is 1. The van der Waals surface area contributed by atoms with Crippen LogP contribution in [0.2, 0.25) is 0 Å². The second-order valence-corrected chi connectivity index (χ2v) is 8.64. The van der Waals surface area contributed by atoms with Gasteiger partial charge in [0.25, 0.3) is 0 Å². The van der Waals surface area contributed by atoms with Crippen LogP contribution in [-0.2, 0) is 4.74 Å². The van der Waals surface area contributed by atoms with Crippen molar-refractivity contribution in [2.45, 2.75) is 59.5 Å². The molecule has 0 spiro atoms. The summed E-state index contributed by atoms with van der Waals surface area (Å²) in [4.78, 5) is 14.4. The van der Waals surface area contributed by atoms with E-state index in [2.05, 4.69) is 18.8 Å². The highest BCUT2D eigenvalue weighted by Gasteiger charge is 2.46. The first-order valence-corrected chi connectivity index (χ1v) is 9.48. The van der Waals surface area contributed by atoms with Crippen molar-refractivity contribution in [3.8, 4) is 0 Å². The number of rotatable bonds is 4. The van der Waals surface area contributed by atoms with E-state index < -0.39 is 11.0 Å². The van der Waals surface area contributed by atoms with Crippen molar-refractivity contribution in [3.05, 3.63) is 35.8 Å². The van der Waals surface area contributed by atoms with Gasteiger partial charge in [-0.2, -0.15) is 0 Å². The quantitative estimate of drug-likeness (QED) is 0.768. The standard InChI is InChI=1S/C21H33FN2O2/c1-15(2)23-13-21(17-9-7-8-10-18(17)22)14-24(12-11-16(21)3)19(25)26-20(4,5)6/h7,9,16,23H,1,8,10-14H2,2-6H3. The first-order valence-electron chi connectivity index (χ1n) is 9.48. The molecule has 26 heavy (non-hydrogen) atoms. The van der Waals surface area contributed by atoms with Gasteiger partial charge in [0.05, 0.1) is 0 Å². The third-order valence-electron chi connectivity index (χ3n) is 5.25. The minimum Gasteiger partial charge on any atom is -0.444 e. The van der Waals surface area contributed by atoms with Crippen molar-refractivity contribution < 1.29 is 13.9 Å². The van der Waals surface area contributed by atoms with Crippen molar-refractivity contribution in [1.29, 1.82) is 0 Å². The summed E-state index contributed by atoms with van der Waals surface area (Å²) in [6, 6.07) is 0. The van der Waals surface area contributed by atoms with Gasteiger partial charge >= 0.3 is 6.09 Å².